The molecule has 2 aromatic rings. The molecule has 0 aromatic carbocycles. The minimum Gasteiger partial charge on any atom is -0.478 e. The Morgan fingerprint density at radius 2 is 1.84 bits per heavy atom. The van der Waals surface area contributed by atoms with Crippen LogP contribution in [0.2, 0.25) is 0 Å². The third-order valence-electron chi connectivity index (χ3n) is 3.86. The minimum atomic E-state index is -4.50. The zero-order valence-corrected chi connectivity index (χ0v) is 18.0. The summed E-state index contributed by atoms with van der Waals surface area (Å²) in [5, 5.41) is 5.18. The quantitative estimate of drug-likeness (QED) is 0.597. The highest BCUT2D eigenvalue weighted by Crippen LogP contribution is 2.22. The largest absolute Gasteiger partial charge is 0.478 e. The van der Waals surface area contributed by atoms with E-state index in [9.17, 15) is 22.8 Å². The van der Waals surface area contributed by atoms with Crippen LogP contribution < -0.4 is 20.1 Å². The van der Waals surface area contributed by atoms with E-state index < -0.39 is 18.7 Å². The fourth-order valence-electron chi connectivity index (χ4n) is 2.35. The Morgan fingerprint density at radius 3 is 2.47 bits per heavy atom. The number of amides is 2. The lowest BCUT2D eigenvalue weighted by Crippen LogP contribution is -2.26. The van der Waals surface area contributed by atoms with Crippen molar-refractivity contribution in [3.8, 4) is 11.8 Å². The van der Waals surface area contributed by atoms with Crippen molar-refractivity contribution in [3.63, 3.8) is 0 Å². The summed E-state index contributed by atoms with van der Waals surface area (Å²) in [7, 11) is 0. The molecule has 0 saturated carbocycles. The molecule has 174 valence electrons. The molecule has 0 saturated heterocycles. The first-order chi connectivity index (χ1) is 15.0. The van der Waals surface area contributed by atoms with Crippen LogP contribution in [-0.4, -0.2) is 46.2 Å². The van der Waals surface area contributed by atoms with Crippen LogP contribution in [0.4, 0.5) is 19.1 Å². The Labute approximate surface area is 182 Å². The number of nitrogens with one attached hydrogen (secondary N) is 2. The standard InChI is InChI=1S/C20H24F3N5O4/c1-5-31-18-13(6-7-15(27-18)32-10-20(21,22)23)9-24-17(30)14-8-12(4)25-19(26-14)28-16(29)11(2)3/h6-8,11H,5,9-10H2,1-4H3,(H,24,30)(H,25,26,28,29). The van der Waals surface area contributed by atoms with Gasteiger partial charge in [-0.2, -0.15) is 18.2 Å². The van der Waals surface area contributed by atoms with Crippen molar-refractivity contribution < 1.29 is 32.2 Å². The highest BCUT2D eigenvalue weighted by molar-refractivity contribution is 5.94. The molecule has 0 atom stereocenters. The number of anilines is 1. The number of nitrogens with zero attached hydrogens (tertiary/aromatic N) is 3. The summed E-state index contributed by atoms with van der Waals surface area (Å²) in [6.07, 6.45) is -4.50. The summed E-state index contributed by atoms with van der Waals surface area (Å²) in [5.41, 5.74) is 0.943. The fraction of sp³-hybridized carbons (Fsp3) is 0.450. The second-order valence-corrected chi connectivity index (χ2v) is 7.00. The highest BCUT2D eigenvalue weighted by atomic mass is 19.4. The van der Waals surface area contributed by atoms with Crippen LogP contribution in [0.3, 0.4) is 0 Å². The van der Waals surface area contributed by atoms with Gasteiger partial charge in [0.05, 0.1) is 6.61 Å². The van der Waals surface area contributed by atoms with Gasteiger partial charge in [0.2, 0.25) is 23.6 Å². The topological polar surface area (TPSA) is 115 Å². The predicted molar refractivity (Wildman–Crippen MR) is 108 cm³/mol. The van der Waals surface area contributed by atoms with Crippen molar-refractivity contribution in [1.82, 2.24) is 20.3 Å². The summed E-state index contributed by atoms with van der Waals surface area (Å²) in [5.74, 6) is -1.33. The van der Waals surface area contributed by atoms with Crippen molar-refractivity contribution in [1.29, 1.82) is 0 Å². The number of hydrogen-bond donors (Lipinski definition) is 2. The molecule has 2 N–H and O–H groups in total. The first-order valence-electron chi connectivity index (χ1n) is 9.75. The van der Waals surface area contributed by atoms with E-state index in [1.807, 2.05) is 0 Å². The van der Waals surface area contributed by atoms with E-state index in [-0.39, 0.29) is 48.4 Å². The molecule has 0 aliphatic carbocycles. The van der Waals surface area contributed by atoms with E-state index in [0.29, 0.717) is 11.3 Å². The van der Waals surface area contributed by atoms with Crippen molar-refractivity contribution in [3.05, 3.63) is 35.2 Å². The number of carbonyl (C=O) groups excluding carboxylic acids is 2. The summed E-state index contributed by atoms with van der Waals surface area (Å²) >= 11 is 0. The maximum atomic E-state index is 12.6. The van der Waals surface area contributed by atoms with Gasteiger partial charge >= 0.3 is 6.18 Å². The van der Waals surface area contributed by atoms with Crippen molar-refractivity contribution in [2.75, 3.05) is 18.5 Å². The third-order valence-corrected chi connectivity index (χ3v) is 3.86. The Balaban J connectivity index is 2.11. The van der Waals surface area contributed by atoms with Crippen LogP contribution in [0, 0.1) is 12.8 Å². The van der Waals surface area contributed by atoms with E-state index >= 15 is 0 Å². The second kappa shape index (κ2) is 10.7. The maximum Gasteiger partial charge on any atom is 0.422 e. The van der Waals surface area contributed by atoms with E-state index in [0.717, 1.165) is 0 Å². The molecule has 0 aliphatic rings. The summed E-state index contributed by atoms with van der Waals surface area (Å²) in [6, 6.07) is 4.16. The molecule has 12 heteroatoms. The molecule has 32 heavy (non-hydrogen) atoms. The number of pyridine rings is 1. The van der Waals surface area contributed by atoms with Gasteiger partial charge in [-0.1, -0.05) is 13.8 Å². The van der Waals surface area contributed by atoms with Gasteiger partial charge in [-0.15, -0.1) is 0 Å². The second-order valence-electron chi connectivity index (χ2n) is 7.00. The number of aryl methyl sites for hydroxylation is 1. The van der Waals surface area contributed by atoms with E-state index in [4.69, 9.17) is 4.74 Å². The van der Waals surface area contributed by atoms with Crippen LogP contribution in [0.1, 0.15) is 42.5 Å². The van der Waals surface area contributed by atoms with Crippen LogP contribution in [-0.2, 0) is 11.3 Å². The molecule has 0 bridgehead atoms. The van der Waals surface area contributed by atoms with E-state index in [1.54, 1.807) is 27.7 Å². The first kappa shape index (κ1) is 24.8. The molecule has 9 nitrogen and oxygen atoms in total. The Morgan fingerprint density at radius 1 is 1.12 bits per heavy atom. The molecule has 0 unspecified atom stereocenters. The van der Waals surface area contributed by atoms with Gasteiger partial charge < -0.3 is 14.8 Å². The molecule has 0 fully saturated rings. The highest BCUT2D eigenvalue weighted by Gasteiger charge is 2.28. The van der Waals surface area contributed by atoms with Crippen molar-refractivity contribution >= 4 is 17.8 Å². The molecular weight excluding hydrogens is 431 g/mol. The lowest BCUT2D eigenvalue weighted by atomic mass is 10.2. The van der Waals surface area contributed by atoms with Crippen LogP contribution in [0.15, 0.2) is 18.2 Å². The zero-order chi connectivity index (χ0) is 23.9. The zero-order valence-electron chi connectivity index (χ0n) is 18.0. The number of alkyl halides is 3. The predicted octanol–water partition coefficient (Wildman–Crippen LogP) is 3.04. The van der Waals surface area contributed by atoms with Gasteiger partial charge in [0.25, 0.3) is 5.91 Å². The van der Waals surface area contributed by atoms with Gasteiger partial charge in [0, 0.05) is 29.8 Å². The fourth-order valence-corrected chi connectivity index (χ4v) is 2.35. The van der Waals surface area contributed by atoms with Crippen LogP contribution in [0.5, 0.6) is 11.8 Å². The Kier molecular flexibility index (Phi) is 8.33. The van der Waals surface area contributed by atoms with Gasteiger partial charge in [-0.05, 0) is 26.0 Å². The third kappa shape index (κ3) is 7.67. The Hall–Kier alpha value is -3.44. The lowest BCUT2D eigenvalue weighted by Gasteiger charge is -2.13. The molecule has 2 heterocycles. The monoisotopic (exact) mass is 455 g/mol. The molecule has 2 amide bonds. The maximum absolute atomic E-state index is 12.6. The lowest BCUT2D eigenvalue weighted by molar-refractivity contribution is -0.154. The Bertz CT molecular complexity index is 967. The summed E-state index contributed by atoms with van der Waals surface area (Å²) in [4.78, 5) is 36.5. The van der Waals surface area contributed by atoms with Crippen LogP contribution >= 0.6 is 0 Å². The number of ether oxygens (including phenoxy) is 2. The van der Waals surface area contributed by atoms with Gasteiger partial charge in [0.1, 0.15) is 5.69 Å². The van der Waals surface area contributed by atoms with Gasteiger partial charge in [0.15, 0.2) is 6.61 Å². The summed E-state index contributed by atoms with van der Waals surface area (Å²) < 4.78 is 47.0. The SMILES string of the molecule is CCOc1nc(OCC(F)(F)F)ccc1CNC(=O)c1cc(C)nc(NC(=O)C(C)C)n1. The summed E-state index contributed by atoms with van der Waals surface area (Å²) in [6.45, 7) is 5.46. The first-order valence-corrected chi connectivity index (χ1v) is 9.75. The normalized spacial score (nSPS) is 11.2. The number of hydrogen-bond acceptors (Lipinski definition) is 7. The molecule has 0 aliphatic heterocycles. The van der Waals surface area contributed by atoms with E-state index in [1.165, 1.54) is 18.2 Å². The van der Waals surface area contributed by atoms with Crippen LogP contribution in [0.25, 0.3) is 0 Å². The van der Waals surface area contributed by atoms with E-state index in [2.05, 4.69) is 30.3 Å². The van der Waals surface area contributed by atoms with Crippen molar-refractivity contribution in [2.24, 2.45) is 5.92 Å². The molecular formula is C20H24F3N5O4. The molecule has 0 radical (unpaired) electrons. The number of rotatable bonds is 9. The smallest absolute Gasteiger partial charge is 0.422 e. The average molecular weight is 455 g/mol. The molecule has 0 spiro atoms. The van der Waals surface area contributed by atoms with Gasteiger partial charge in [-0.3, -0.25) is 14.9 Å². The molecule has 2 rings (SSSR count). The molecule has 2 aromatic heterocycles. The number of aromatic nitrogens is 3. The average Bonchev–Trinajstić information content (AvgIpc) is 2.70. The number of carbonyl (C=O) groups is 2. The minimum absolute atomic E-state index is 0.0108. The number of halogens is 3. The van der Waals surface area contributed by atoms with Gasteiger partial charge in [-0.25, -0.2) is 9.97 Å². The van der Waals surface area contributed by atoms with Crippen molar-refractivity contribution in [2.45, 2.75) is 40.4 Å².